The smallest absolute Gasteiger partial charge is 0.349 e. The number of hydrogen-bond donors (Lipinski definition) is 1. The van der Waals surface area contributed by atoms with E-state index in [0.29, 0.717) is 0 Å². The van der Waals surface area contributed by atoms with Crippen molar-refractivity contribution in [1.82, 2.24) is 9.30 Å². The molecule has 94 valence electrons. The number of halogens is 2. The van der Waals surface area contributed by atoms with Crippen LogP contribution < -0.4 is 11.1 Å². The Kier molecular flexibility index (Phi) is 2.25. The van der Waals surface area contributed by atoms with Crippen LogP contribution in [0.4, 0.5) is 4.39 Å². The van der Waals surface area contributed by atoms with Crippen molar-refractivity contribution in [1.29, 1.82) is 0 Å². The van der Waals surface area contributed by atoms with Gasteiger partial charge < -0.3 is 5.21 Å². The number of benzene rings is 1. The van der Waals surface area contributed by atoms with E-state index in [-0.39, 0.29) is 26.8 Å². The van der Waals surface area contributed by atoms with E-state index < -0.39 is 16.9 Å². The van der Waals surface area contributed by atoms with E-state index in [1.54, 1.807) is 0 Å². The molecule has 0 spiro atoms. The van der Waals surface area contributed by atoms with Crippen molar-refractivity contribution < 1.29 is 9.60 Å². The number of fused-ring (bicyclic) bond motifs is 1. The number of aromatic nitrogens is 2. The summed E-state index contributed by atoms with van der Waals surface area (Å²) in [7, 11) is 0. The van der Waals surface area contributed by atoms with Crippen molar-refractivity contribution in [3.05, 3.63) is 43.7 Å². The molecule has 1 N–H and O–H groups in total. The van der Waals surface area contributed by atoms with Crippen LogP contribution in [0.5, 0.6) is 0 Å². The fraction of sp³-hybridized carbons (Fsp3) is 0.273. The average molecular weight is 271 g/mol. The van der Waals surface area contributed by atoms with Gasteiger partial charge in [0.15, 0.2) is 0 Å². The molecule has 0 atom stereocenters. The molecule has 18 heavy (non-hydrogen) atoms. The van der Waals surface area contributed by atoms with Gasteiger partial charge >= 0.3 is 11.1 Å². The van der Waals surface area contributed by atoms with Gasteiger partial charge in [-0.1, -0.05) is 11.6 Å². The molecule has 0 unspecified atom stereocenters. The van der Waals surface area contributed by atoms with Gasteiger partial charge in [-0.25, -0.2) is 4.39 Å². The molecule has 0 bridgehead atoms. The standard InChI is InChI=1S/C11H8ClFN2O3/c12-6-3-8-9(4-7(6)13)15(18)11(17)10(16)14(8)5-1-2-5/h3-5,18H,1-2H2. The summed E-state index contributed by atoms with van der Waals surface area (Å²) in [4.78, 5) is 23.4. The molecule has 1 aromatic heterocycles. The Balaban J connectivity index is 2.56. The van der Waals surface area contributed by atoms with E-state index in [0.717, 1.165) is 18.9 Å². The van der Waals surface area contributed by atoms with Crippen LogP contribution in [0.15, 0.2) is 21.7 Å². The largest absolute Gasteiger partial charge is 0.425 e. The van der Waals surface area contributed by atoms with E-state index in [9.17, 15) is 19.2 Å². The van der Waals surface area contributed by atoms with Crippen LogP contribution in [0.25, 0.3) is 11.0 Å². The quantitative estimate of drug-likeness (QED) is 0.631. The first kappa shape index (κ1) is 11.3. The lowest BCUT2D eigenvalue weighted by molar-refractivity contribution is 0.185. The minimum absolute atomic E-state index is 0.0617. The van der Waals surface area contributed by atoms with Gasteiger partial charge in [0.05, 0.1) is 10.5 Å². The SMILES string of the molecule is O=c1c(=O)n(C2CC2)c2cc(Cl)c(F)cc2n1O. The summed E-state index contributed by atoms with van der Waals surface area (Å²) in [5.74, 6) is -0.757. The zero-order valence-corrected chi connectivity index (χ0v) is 9.82. The molecule has 0 aliphatic heterocycles. The maximum atomic E-state index is 13.4. The normalized spacial score (nSPS) is 15.2. The number of rotatable bonds is 1. The van der Waals surface area contributed by atoms with Crippen LogP contribution in [0.1, 0.15) is 18.9 Å². The van der Waals surface area contributed by atoms with Crippen molar-refractivity contribution in [2.24, 2.45) is 0 Å². The molecule has 0 amide bonds. The Morgan fingerprint density at radius 3 is 2.50 bits per heavy atom. The molecule has 1 saturated carbocycles. The summed E-state index contributed by atoms with van der Waals surface area (Å²) in [5, 5.41) is 9.40. The van der Waals surface area contributed by atoms with Crippen LogP contribution in [-0.4, -0.2) is 14.5 Å². The third-order valence-corrected chi connectivity index (χ3v) is 3.30. The van der Waals surface area contributed by atoms with Crippen LogP contribution in [0.2, 0.25) is 5.02 Å². The monoisotopic (exact) mass is 270 g/mol. The lowest BCUT2D eigenvalue weighted by Gasteiger charge is -2.11. The van der Waals surface area contributed by atoms with Crippen LogP contribution in [0, 0.1) is 5.82 Å². The van der Waals surface area contributed by atoms with Gasteiger partial charge in [0.2, 0.25) is 0 Å². The molecule has 2 aromatic rings. The Morgan fingerprint density at radius 1 is 1.22 bits per heavy atom. The van der Waals surface area contributed by atoms with Gasteiger partial charge in [-0.05, 0) is 18.9 Å². The molecule has 0 saturated heterocycles. The fourth-order valence-corrected chi connectivity index (χ4v) is 2.15. The van der Waals surface area contributed by atoms with Gasteiger partial charge in [-0.2, -0.15) is 0 Å². The van der Waals surface area contributed by atoms with Gasteiger partial charge in [0.25, 0.3) is 0 Å². The molecule has 1 aromatic carbocycles. The van der Waals surface area contributed by atoms with Crippen LogP contribution in [-0.2, 0) is 0 Å². The summed E-state index contributed by atoms with van der Waals surface area (Å²) < 4.78 is 14.8. The third kappa shape index (κ3) is 1.45. The molecular formula is C11H8ClFN2O3. The second-order valence-electron chi connectivity index (χ2n) is 4.28. The lowest BCUT2D eigenvalue weighted by atomic mass is 10.2. The molecule has 1 fully saturated rings. The molecule has 1 aliphatic carbocycles. The summed E-state index contributed by atoms with van der Waals surface area (Å²) in [5.41, 5.74) is -1.71. The topological polar surface area (TPSA) is 64.2 Å². The minimum atomic E-state index is -1.09. The van der Waals surface area contributed by atoms with Crippen molar-refractivity contribution >= 4 is 22.6 Å². The first-order valence-electron chi connectivity index (χ1n) is 5.36. The molecule has 7 heteroatoms. The molecule has 5 nitrogen and oxygen atoms in total. The summed E-state index contributed by atoms with van der Waals surface area (Å²) in [6, 6.07) is 2.12. The zero-order chi connectivity index (χ0) is 13.0. The van der Waals surface area contributed by atoms with Gasteiger partial charge in [-0.3, -0.25) is 14.2 Å². The highest BCUT2D eigenvalue weighted by Crippen LogP contribution is 2.36. The van der Waals surface area contributed by atoms with Crippen molar-refractivity contribution in [3.63, 3.8) is 0 Å². The fourth-order valence-electron chi connectivity index (χ4n) is 2.00. The minimum Gasteiger partial charge on any atom is -0.425 e. The molecule has 1 heterocycles. The van der Waals surface area contributed by atoms with Crippen LogP contribution >= 0.6 is 11.6 Å². The Bertz CT molecular complexity index is 776. The zero-order valence-electron chi connectivity index (χ0n) is 9.06. The van der Waals surface area contributed by atoms with Gasteiger partial charge in [-0.15, -0.1) is 4.73 Å². The number of nitrogens with zero attached hydrogens (tertiary/aromatic N) is 2. The van der Waals surface area contributed by atoms with Crippen molar-refractivity contribution in [2.75, 3.05) is 0 Å². The van der Waals surface area contributed by atoms with Gasteiger partial charge in [0, 0.05) is 12.1 Å². The Labute approximate surface area is 105 Å². The average Bonchev–Trinajstić information content (AvgIpc) is 3.14. The molecule has 1 aliphatic rings. The maximum Gasteiger partial charge on any atom is 0.349 e. The Morgan fingerprint density at radius 2 is 1.89 bits per heavy atom. The molecular weight excluding hydrogens is 263 g/mol. The van der Waals surface area contributed by atoms with E-state index in [1.807, 2.05) is 0 Å². The van der Waals surface area contributed by atoms with Crippen LogP contribution in [0.3, 0.4) is 0 Å². The lowest BCUT2D eigenvalue weighted by Crippen LogP contribution is -2.40. The summed E-state index contributed by atoms with van der Waals surface area (Å²) in [6.45, 7) is 0. The first-order valence-corrected chi connectivity index (χ1v) is 5.74. The molecule has 0 radical (unpaired) electrons. The second-order valence-corrected chi connectivity index (χ2v) is 4.69. The van der Waals surface area contributed by atoms with Crippen molar-refractivity contribution in [2.45, 2.75) is 18.9 Å². The highest BCUT2D eigenvalue weighted by atomic mass is 35.5. The highest BCUT2D eigenvalue weighted by Gasteiger charge is 2.28. The predicted molar refractivity (Wildman–Crippen MR) is 62.9 cm³/mol. The predicted octanol–water partition coefficient (Wildman–Crippen LogP) is 1.53. The third-order valence-electron chi connectivity index (χ3n) is 3.01. The second kappa shape index (κ2) is 3.58. The number of hydrogen-bond acceptors (Lipinski definition) is 3. The maximum absolute atomic E-state index is 13.4. The summed E-state index contributed by atoms with van der Waals surface area (Å²) >= 11 is 5.67. The van der Waals surface area contributed by atoms with E-state index in [4.69, 9.17) is 11.6 Å². The van der Waals surface area contributed by atoms with Crippen molar-refractivity contribution in [3.8, 4) is 0 Å². The Hall–Kier alpha value is -1.82. The molecule has 3 rings (SSSR count). The first-order chi connectivity index (χ1) is 8.50. The van der Waals surface area contributed by atoms with E-state index in [1.165, 1.54) is 10.6 Å². The highest BCUT2D eigenvalue weighted by molar-refractivity contribution is 6.31. The van der Waals surface area contributed by atoms with E-state index in [2.05, 4.69) is 0 Å². The van der Waals surface area contributed by atoms with E-state index >= 15 is 0 Å². The summed E-state index contributed by atoms with van der Waals surface area (Å²) in [6.07, 6.45) is 1.55. The van der Waals surface area contributed by atoms with Gasteiger partial charge in [0.1, 0.15) is 11.3 Å².